The van der Waals surface area contributed by atoms with Crippen molar-refractivity contribution in [2.75, 3.05) is 38.2 Å². The molecule has 1 aliphatic heterocycles. The van der Waals surface area contributed by atoms with Gasteiger partial charge in [0.1, 0.15) is 0 Å². The van der Waals surface area contributed by atoms with Gasteiger partial charge in [0, 0.05) is 24.3 Å². The van der Waals surface area contributed by atoms with Crippen molar-refractivity contribution in [2.24, 2.45) is 0 Å². The number of aliphatic hydroxyl groups excluding tert-OH is 1. The Kier molecular flexibility index (Phi) is 5.52. The van der Waals surface area contributed by atoms with Crippen LogP contribution in [0, 0.1) is 0 Å². The van der Waals surface area contributed by atoms with Gasteiger partial charge in [-0.25, -0.2) is 0 Å². The van der Waals surface area contributed by atoms with Gasteiger partial charge in [0.2, 0.25) is 0 Å². The van der Waals surface area contributed by atoms with E-state index < -0.39 is 0 Å². The van der Waals surface area contributed by atoms with Crippen molar-refractivity contribution in [3.8, 4) is 0 Å². The summed E-state index contributed by atoms with van der Waals surface area (Å²) < 4.78 is 5.15. The van der Waals surface area contributed by atoms with Gasteiger partial charge in [-0.1, -0.05) is 0 Å². The Balaban J connectivity index is 1.84. The molecule has 0 spiro atoms. The van der Waals surface area contributed by atoms with Crippen LogP contribution in [-0.4, -0.2) is 49.8 Å². The number of aliphatic hydroxyl groups is 1. The Hall–Kier alpha value is -1.43. The summed E-state index contributed by atoms with van der Waals surface area (Å²) in [6.07, 6.45) is 0.979. The second-order valence-corrected chi connectivity index (χ2v) is 4.92. The molecule has 0 fully saturated rings. The second-order valence-electron chi connectivity index (χ2n) is 4.92. The summed E-state index contributed by atoms with van der Waals surface area (Å²) in [5.41, 5.74) is 3.11. The third-order valence-electron chi connectivity index (χ3n) is 3.43. The Labute approximate surface area is 119 Å². The lowest BCUT2D eigenvalue weighted by Crippen LogP contribution is -2.36. The molecule has 1 heterocycles. The Bertz CT molecular complexity index is 462. The third kappa shape index (κ3) is 3.79. The molecule has 1 aromatic rings. The fourth-order valence-electron chi connectivity index (χ4n) is 2.32. The highest BCUT2D eigenvalue weighted by Gasteiger charge is 2.17. The van der Waals surface area contributed by atoms with Crippen LogP contribution in [0.5, 0.6) is 0 Å². The van der Waals surface area contributed by atoms with Crippen molar-refractivity contribution < 1.29 is 14.6 Å². The number of carbonyl (C=O) groups excluding carboxylic acids is 1. The van der Waals surface area contributed by atoms with Crippen molar-refractivity contribution in [3.63, 3.8) is 0 Å². The van der Waals surface area contributed by atoms with Crippen LogP contribution in [-0.2, 0) is 11.2 Å². The van der Waals surface area contributed by atoms with Crippen LogP contribution in [0.4, 0.5) is 5.69 Å². The molecule has 3 N–H and O–H groups in total. The molecule has 20 heavy (non-hydrogen) atoms. The average Bonchev–Trinajstić information content (AvgIpc) is 2.93. The van der Waals surface area contributed by atoms with Gasteiger partial charge in [-0.15, -0.1) is 0 Å². The molecule has 5 nitrogen and oxygen atoms in total. The number of benzene rings is 1. The summed E-state index contributed by atoms with van der Waals surface area (Å²) in [6, 6.07) is 5.60. The van der Waals surface area contributed by atoms with E-state index in [0.717, 1.165) is 24.2 Å². The predicted molar refractivity (Wildman–Crippen MR) is 78.3 cm³/mol. The van der Waals surface area contributed by atoms with Crippen LogP contribution in [0.3, 0.4) is 0 Å². The van der Waals surface area contributed by atoms with Crippen molar-refractivity contribution in [3.05, 3.63) is 29.3 Å². The molecular formula is C15H22N2O3. The number of nitrogens with one attached hydrogen (secondary N) is 2. The highest BCUT2D eigenvalue weighted by molar-refractivity contribution is 6.00. The second kappa shape index (κ2) is 7.38. The largest absolute Gasteiger partial charge is 0.394 e. The molecule has 1 aliphatic rings. The van der Waals surface area contributed by atoms with Gasteiger partial charge in [-0.05, 0) is 37.1 Å². The lowest BCUT2D eigenvalue weighted by Gasteiger charge is -2.13. The molecule has 5 heteroatoms. The number of rotatable bonds is 8. The molecule has 0 amide bonds. The van der Waals surface area contributed by atoms with E-state index in [9.17, 15) is 4.79 Å². The fourth-order valence-corrected chi connectivity index (χ4v) is 2.32. The fraction of sp³-hybridized carbons (Fsp3) is 0.533. The van der Waals surface area contributed by atoms with Gasteiger partial charge in [0.15, 0.2) is 5.78 Å². The monoisotopic (exact) mass is 278 g/mol. The number of fused-ring (bicyclic) bond motifs is 1. The van der Waals surface area contributed by atoms with Crippen LogP contribution < -0.4 is 10.6 Å². The standard InChI is InChI=1S/C15H22N2O3/c1-11(16-6-8-20-9-7-18)15(19)13-2-3-14-12(10-13)4-5-17-14/h2-3,10-11,16-18H,4-9H2,1H3. The van der Waals surface area contributed by atoms with Crippen LogP contribution in [0.25, 0.3) is 0 Å². The first-order valence-electron chi connectivity index (χ1n) is 7.05. The van der Waals surface area contributed by atoms with Crippen molar-refractivity contribution in [1.29, 1.82) is 0 Å². The van der Waals surface area contributed by atoms with Gasteiger partial charge in [0.25, 0.3) is 0 Å². The lowest BCUT2D eigenvalue weighted by molar-refractivity contribution is 0.0870. The molecule has 0 aromatic heterocycles. The molecule has 0 saturated carbocycles. The van der Waals surface area contributed by atoms with Crippen molar-refractivity contribution >= 4 is 11.5 Å². The zero-order chi connectivity index (χ0) is 14.4. The molecular weight excluding hydrogens is 256 g/mol. The highest BCUT2D eigenvalue weighted by atomic mass is 16.5. The average molecular weight is 278 g/mol. The minimum Gasteiger partial charge on any atom is -0.394 e. The summed E-state index contributed by atoms with van der Waals surface area (Å²) >= 11 is 0. The molecule has 0 saturated heterocycles. The molecule has 1 aromatic carbocycles. The summed E-state index contributed by atoms with van der Waals surface area (Å²) in [7, 11) is 0. The van der Waals surface area contributed by atoms with Gasteiger partial charge in [0.05, 0.1) is 25.9 Å². The summed E-state index contributed by atoms with van der Waals surface area (Å²) in [4.78, 5) is 12.3. The van der Waals surface area contributed by atoms with Crippen LogP contribution >= 0.6 is 0 Å². The number of anilines is 1. The smallest absolute Gasteiger partial charge is 0.179 e. The van der Waals surface area contributed by atoms with Gasteiger partial charge >= 0.3 is 0 Å². The van der Waals surface area contributed by atoms with Gasteiger partial charge in [-0.2, -0.15) is 0 Å². The van der Waals surface area contributed by atoms with Crippen LogP contribution in [0.1, 0.15) is 22.8 Å². The maximum atomic E-state index is 12.3. The van der Waals surface area contributed by atoms with E-state index in [4.69, 9.17) is 9.84 Å². The normalized spacial score (nSPS) is 14.7. The topological polar surface area (TPSA) is 70.6 Å². The van der Waals surface area contributed by atoms with Crippen LogP contribution in [0.2, 0.25) is 0 Å². The number of carbonyl (C=O) groups is 1. The van der Waals surface area contributed by atoms with Gasteiger partial charge < -0.3 is 20.5 Å². The number of hydrogen-bond acceptors (Lipinski definition) is 5. The summed E-state index contributed by atoms with van der Waals surface area (Å²) in [5, 5.41) is 15.0. The van der Waals surface area contributed by atoms with E-state index >= 15 is 0 Å². The first-order valence-corrected chi connectivity index (χ1v) is 7.05. The Morgan fingerprint density at radius 1 is 1.50 bits per heavy atom. The van der Waals surface area contributed by atoms with E-state index in [1.165, 1.54) is 5.56 Å². The Morgan fingerprint density at radius 2 is 2.35 bits per heavy atom. The van der Waals surface area contributed by atoms with E-state index in [0.29, 0.717) is 19.8 Å². The highest BCUT2D eigenvalue weighted by Crippen LogP contribution is 2.23. The van der Waals surface area contributed by atoms with E-state index in [-0.39, 0.29) is 18.4 Å². The third-order valence-corrected chi connectivity index (χ3v) is 3.43. The molecule has 0 bridgehead atoms. The number of hydrogen-bond donors (Lipinski definition) is 3. The summed E-state index contributed by atoms with van der Waals surface area (Å²) in [5.74, 6) is 0.0989. The SMILES string of the molecule is CC(NCCOCCO)C(=O)c1ccc2c(c1)CCN2. The van der Waals surface area contributed by atoms with Gasteiger partial charge in [-0.3, -0.25) is 4.79 Å². The molecule has 110 valence electrons. The minimum absolute atomic E-state index is 0.0254. The first-order chi connectivity index (χ1) is 9.72. The molecule has 0 aliphatic carbocycles. The quantitative estimate of drug-likeness (QED) is 0.485. The zero-order valence-corrected chi connectivity index (χ0v) is 11.8. The molecule has 2 rings (SSSR count). The lowest BCUT2D eigenvalue weighted by atomic mass is 10.0. The number of ether oxygens (including phenoxy) is 1. The van der Waals surface area contributed by atoms with E-state index in [1.54, 1.807) is 0 Å². The van der Waals surface area contributed by atoms with Crippen molar-refractivity contribution in [1.82, 2.24) is 5.32 Å². The predicted octanol–water partition coefficient (Wildman–Crippen LogP) is 0.824. The van der Waals surface area contributed by atoms with Crippen LogP contribution in [0.15, 0.2) is 18.2 Å². The summed E-state index contributed by atoms with van der Waals surface area (Å²) in [6.45, 7) is 4.26. The maximum Gasteiger partial charge on any atom is 0.179 e. The first kappa shape index (κ1) is 15.0. The molecule has 0 radical (unpaired) electrons. The number of Topliss-reactive ketones (excluding diaryl/α,β-unsaturated/α-hetero) is 1. The van der Waals surface area contributed by atoms with Crippen molar-refractivity contribution in [2.45, 2.75) is 19.4 Å². The molecule has 1 unspecified atom stereocenters. The minimum atomic E-state index is -0.236. The zero-order valence-electron chi connectivity index (χ0n) is 11.8. The molecule has 1 atom stereocenters. The van der Waals surface area contributed by atoms with E-state index in [2.05, 4.69) is 10.6 Å². The maximum absolute atomic E-state index is 12.3. The number of ketones is 1. The Morgan fingerprint density at radius 3 is 3.15 bits per heavy atom. The van der Waals surface area contributed by atoms with E-state index in [1.807, 2.05) is 25.1 Å².